The number of nitrogens with zero attached hydrogens (tertiary/aromatic N) is 1. The molecule has 0 amide bonds. The molecule has 0 spiro atoms. The third-order valence-electron chi connectivity index (χ3n) is 5.38. The Balaban J connectivity index is 1.86. The summed E-state index contributed by atoms with van der Waals surface area (Å²) in [4.78, 5) is 14.4. The molecule has 1 aromatic carbocycles. The Morgan fingerprint density at radius 2 is 1.94 bits per heavy atom. The summed E-state index contributed by atoms with van der Waals surface area (Å²) in [6, 6.07) is 4.12. The van der Waals surface area contributed by atoms with E-state index in [0.717, 1.165) is 54.3 Å². The molecule has 166 valence electrons. The molecule has 6 heteroatoms. The second kappa shape index (κ2) is 11.3. The van der Waals surface area contributed by atoms with Crippen molar-refractivity contribution in [1.29, 1.82) is 0 Å². The van der Waals surface area contributed by atoms with Crippen LogP contribution in [0.15, 0.2) is 37.4 Å². The minimum atomic E-state index is -0.241. The minimum Gasteiger partial charge on any atom is -0.466 e. The molecule has 3 rings (SSSR count). The maximum Gasteiger partial charge on any atom is 0.306 e. The van der Waals surface area contributed by atoms with Crippen LogP contribution in [0.4, 0.5) is 0 Å². The minimum absolute atomic E-state index is 0.0853. The molecule has 0 N–H and O–H groups in total. The van der Waals surface area contributed by atoms with E-state index in [1.165, 1.54) is 0 Å². The van der Waals surface area contributed by atoms with E-state index in [-0.39, 0.29) is 25.1 Å². The summed E-state index contributed by atoms with van der Waals surface area (Å²) < 4.78 is 21.9. The van der Waals surface area contributed by atoms with Crippen LogP contribution in [0.5, 0.6) is 11.5 Å². The largest absolute Gasteiger partial charge is 0.466 e. The second-order valence-corrected chi connectivity index (χ2v) is 7.50. The van der Waals surface area contributed by atoms with E-state index in [1.807, 2.05) is 25.5 Å². The SMILES string of the molecule is C=CCN(CC=C)Cc1cc2c(cc1C1[CH][CH][C](OC)[C](CC(=O)OCC)C1)OCO2. The van der Waals surface area contributed by atoms with Crippen molar-refractivity contribution in [2.24, 2.45) is 0 Å². The van der Waals surface area contributed by atoms with Crippen molar-refractivity contribution in [2.75, 3.05) is 33.6 Å². The van der Waals surface area contributed by atoms with Crippen molar-refractivity contribution in [2.45, 2.75) is 32.2 Å². The van der Waals surface area contributed by atoms with E-state index >= 15 is 0 Å². The van der Waals surface area contributed by atoms with Crippen LogP contribution in [0.25, 0.3) is 0 Å². The normalized spacial score (nSPS) is 18.9. The van der Waals surface area contributed by atoms with Crippen molar-refractivity contribution in [1.82, 2.24) is 4.90 Å². The molecule has 1 atom stereocenters. The highest BCUT2D eigenvalue weighted by atomic mass is 16.7. The molecular formula is C25H31NO5. The summed E-state index contributed by atoms with van der Waals surface area (Å²) in [6.07, 6.45) is 9.47. The number of methoxy groups -OCH3 is 1. The first-order valence-corrected chi connectivity index (χ1v) is 10.6. The van der Waals surface area contributed by atoms with Crippen LogP contribution in [0.3, 0.4) is 0 Å². The number of esters is 1. The van der Waals surface area contributed by atoms with Crippen molar-refractivity contribution < 1.29 is 23.7 Å². The van der Waals surface area contributed by atoms with E-state index < -0.39 is 0 Å². The van der Waals surface area contributed by atoms with Gasteiger partial charge in [-0.25, -0.2) is 0 Å². The second-order valence-electron chi connectivity index (χ2n) is 7.50. The summed E-state index contributed by atoms with van der Waals surface area (Å²) in [5.41, 5.74) is 2.30. The zero-order valence-electron chi connectivity index (χ0n) is 18.4. The van der Waals surface area contributed by atoms with Gasteiger partial charge in [-0.2, -0.15) is 0 Å². The van der Waals surface area contributed by atoms with Gasteiger partial charge in [0.1, 0.15) is 6.10 Å². The summed E-state index contributed by atoms with van der Waals surface area (Å²) in [7, 11) is 1.62. The van der Waals surface area contributed by atoms with Gasteiger partial charge >= 0.3 is 5.97 Å². The van der Waals surface area contributed by atoms with Crippen LogP contribution in [-0.2, 0) is 20.8 Å². The number of carbonyl (C=O) groups excluding carboxylic acids is 1. The first-order chi connectivity index (χ1) is 15.1. The smallest absolute Gasteiger partial charge is 0.306 e. The van der Waals surface area contributed by atoms with Gasteiger partial charge in [0.15, 0.2) is 11.5 Å². The molecule has 1 heterocycles. The Labute approximate surface area is 185 Å². The Morgan fingerprint density at radius 1 is 1.23 bits per heavy atom. The van der Waals surface area contributed by atoms with E-state index in [2.05, 4.69) is 36.6 Å². The molecular weight excluding hydrogens is 394 g/mol. The predicted octanol–water partition coefficient (Wildman–Crippen LogP) is 4.19. The molecule has 0 bridgehead atoms. The van der Waals surface area contributed by atoms with Crippen molar-refractivity contribution >= 4 is 5.97 Å². The Bertz CT molecular complexity index is 767. The highest BCUT2D eigenvalue weighted by molar-refractivity contribution is 5.73. The summed E-state index contributed by atoms with van der Waals surface area (Å²) in [5.74, 6) is 2.29. The lowest BCUT2D eigenvalue weighted by molar-refractivity contribution is -0.142. The maximum absolute atomic E-state index is 12.1. The first-order valence-electron chi connectivity index (χ1n) is 10.6. The average molecular weight is 426 g/mol. The third kappa shape index (κ3) is 5.89. The molecule has 1 fully saturated rings. The predicted molar refractivity (Wildman–Crippen MR) is 119 cm³/mol. The molecule has 1 aliphatic carbocycles. The van der Waals surface area contributed by atoms with Gasteiger partial charge in [0.2, 0.25) is 6.79 Å². The number of carbonyl (C=O) groups is 1. The van der Waals surface area contributed by atoms with Gasteiger partial charge in [0.05, 0.1) is 13.0 Å². The van der Waals surface area contributed by atoms with Gasteiger partial charge in [0.25, 0.3) is 0 Å². The van der Waals surface area contributed by atoms with E-state index in [0.29, 0.717) is 13.0 Å². The summed E-state index contributed by atoms with van der Waals surface area (Å²) >= 11 is 0. The molecule has 31 heavy (non-hydrogen) atoms. The monoisotopic (exact) mass is 425 g/mol. The van der Waals surface area contributed by atoms with Gasteiger partial charge in [-0.05, 0) is 48.9 Å². The Hall–Kier alpha value is -2.31. The van der Waals surface area contributed by atoms with Crippen LogP contribution in [-0.4, -0.2) is 44.5 Å². The Kier molecular flexibility index (Phi) is 8.55. The fourth-order valence-corrected chi connectivity index (χ4v) is 4.02. The zero-order chi connectivity index (χ0) is 22.2. The van der Waals surface area contributed by atoms with E-state index in [1.54, 1.807) is 7.11 Å². The number of hydrogen-bond acceptors (Lipinski definition) is 6. The lowest BCUT2D eigenvalue weighted by atomic mass is 9.74. The van der Waals surface area contributed by atoms with E-state index in [9.17, 15) is 4.79 Å². The van der Waals surface area contributed by atoms with Gasteiger partial charge in [-0.1, -0.05) is 12.2 Å². The summed E-state index contributed by atoms with van der Waals surface area (Å²) in [5, 5.41) is 0. The lowest BCUT2D eigenvalue weighted by Crippen LogP contribution is -2.28. The topological polar surface area (TPSA) is 57.2 Å². The van der Waals surface area contributed by atoms with Crippen LogP contribution >= 0.6 is 0 Å². The van der Waals surface area contributed by atoms with Crippen molar-refractivity contribution in [3.05, 3.63) is 73.4 Å². The molecule has 4 radical (unpaired) electrons. The van der Waals surface area contributed by atoms with Crippen molar-refractivity contribution in [3.63, 3.8) is 0 Å². The number of fused-ring (bicyclic) bond motifs is 1. The third-order valence-corrected chi connectivity index (χ3v) is 5.38. The van der Waals surface area contributed by atoms with Gasteiger partial charge in [-0.3, -0.25) is 9.69 Å². The van der Waals surface area contributed by atoms with Gasteiger partial charge < -0.3 is 18.9 Å². The molecule has 1 unspecified atom stereocenters. The Morgan fingerprint density at radius 3 is 2.58 bits per heavy atom. The van der Waals surface area contributed by atoms with Gasteiger partial charge in [0, 0.05) is 39.1 Å². The highest BCUT2D eigenvalue weighted by Crippen LogP contribution is 2.46. The average Bonchev–Trinajstić information content (AvgIpc) is 3.21. The standard InChI is InChI=1S/C25H31NO5/c1-5-10-26(11-6-2)16-20-13-23-24(31-17-30-23)15-21(20)18-8-9-22(28-4)19(12-18)14-25(27)29-7-3/h5-6,8-9,13,15,18H,1-2,7,10-12,14,16-17H2,3-4H3. The van der Waals surface area contributed by atoms with Crippen LogP contribution in [0.1, 0.15) is 36.8 Å². The highest BCUT2D eigenvalue weighted by Gasteiger charge is 2.36. The number of benzene rings is 1. The molecule has 1 aliphatic heterocycles. The fraction of sp³-hybridized carbons (Fsp3) is 0.400. The van der Waals surface area contributed by atoms with Gasteiger partial charge in [-0.15, -0.1) is 13.2 Å². The number of hydrogen-bond donors (Lipinski definition) is 0. The molecule has 0 aromatic heterocycles. The maximum atomic E-state index is 12.1. The van der Waals surface area contributed by atoms with Crippen LogP contribution in [0, 0.1) is 24.9 Å². The number of ether oxygens (including phenoxy) is 4. The van der Waals surface area contributed by atoms with E-state index in [4.69, 9.17) is 18.9 Å². The van der Waals surface area contributed by atoms with Crippen molar-refractivity contribution in [3.8, 4) is 11.5 Å². The summed E-state index contributed by atoms with van der Waals surface area (Å²) in [6.45, 7) is 12.4. The molecule has 1 aromatic rings. The molecule has 2 aliphatic rings. The molecule has 1 saturated carbocycles. The fourth-order valence-electron chi connectivity index (χ4n) is 4.02. The molecule has 0 saturated heterocycles. The quantitative estimate of drug-likeness (QED) is 0.391. The van der Waals surface area contributed by atoms with Crippen LogP contribution < -0.4 is 9.47 Å². The molecule has 6 nitrogen and oxygen atoms in total. The number of rotatable bonds is 11. The lowest BCUT2D eigenvalue weighted by Gasteiger charge is -2.34. The first kappa shape index (κ1) is 23.4. The van der Waals surface area contributed by atoms with Crippen LogP contribution in [0.2, 0.25) is 0 Å². The zero-order valence-corrected chi connectivity index (χ0v) is 18.4.